The number of H-pyrrole nitrogens is 1. The van der Waals surface area contributed by atoms with Crippen molar-refractivity contribution in [2.45, 2.75) is 51.9 Å². The van der Waals surface area contributed by atoms with E-state index in [1.54, 1.807) is 13.8 Å². The van der Waals surface area contributed by atoms with Crippen molar-refractivity contribution in [2.24, 2.45) is 5.41 Å². The van der Waals surface area contributed by atoms with Gasteiger partial charge in [-0.2, -0.15) is 5.10 Å². The monoisotopic (exact) mass is 336 g/mol. The van der Waals surface area contributed by atoms with Crippen molar-refractivity contribution in [3.05, 3.63) is 11.4 Å². The molecule has 0 aliphatic heterocycles. The van der Waals surface area contributed by atoms with Crippen LogP contribution in [0.15, 0.2) is 4.90 Å². The van der Waals surface area contributed by atoms with Gasteiger partial charge in [0.15, 0.2) is 5.69 Å². The zero-order valence-electron chi connectivity index (χ0n) is 12.9. The van der Waals surface area contributed by atoms with E-state index in [0.29, 0.717) is 12.1 Å². The molecule has 8 heteroatoms. The number of rotatable bonds is 5. The van der Waals surface area contributed by atoms with Crippen LogP contribution in [0.3, 0.4) is 0 Å². The van der Waals surface area contributed by atoms with Crippen molar-refractivity contribution in [2.75, 3.05) is 6.61 Å². The highest BCUT2D eigenvalue weighted by Gasteiger charge is 2.30. The van der Waals surface area contributed by atoms with Crippen LogP contribution in [0.1, 0.15) is 63.1 Å². The quantitative estimate of drug-likeness (QED) is 0.659. The van der Waals surface area contributed by atoms with Crippen LogP contribution in [0.2, 0.25) is 0 Å². The maximum atomic E-state index is 12.0. The van der Waals surface area contributed by atoms with E-state index in [1.165, 1.54) is 0 Å². The van der Waals surface area contributed by atoms with Crippen molar-refractivity contribution in [1.29, 1.82) is 0 Å². The van der Waals surface area contributed by atoms with Gasteiger partial charge >= 0.3 is 5.97 Å². The van der Waals surface area contributed by atoms with Gasteiger partial charge in [-0.3, -0.25) is 5.10 Å². The van der Waals surface area contributed by atoms with Gasteiger partial charge in [-0.1, -0.05) is 34.6 Å². The van der Waals surface area contributed by atoms with E-state index >= 15 is 0 Å². The third kappa shape index (κ3) is 5.00. The predicted molar refractivity (Wildman–Crippen MR) is 80.1 cm³/mol. The molecule has 6 nitrogen and oxygen atoms in total. The average Bonchev–Trinajstić information content (AvgIpc) is 2.70. The van der Waals surface area contributed by atoms with Crippen LogP contribution in [0.4, 0.5) is 0 Å². The Labute approximate surface area is 129 Å². The first-order chi connectivity index (χ1) is 9.43. The highest BCUT2D eigenvalue weighted by Crippen LogP contribution is 2.28. The molecule has 0 aliphatic carbocycles. The first kappa shape index (κ1) is 18.0. The Morgan fingerprint density at radius 3 is 2.38 bits per heavy atom. The lowest BCUT2D eigenvalue weighted by atomic mass is 9.93. The van der Waals surface area contributed by atoms with E-state index < -0.39 is 15.0 Å². The van der Waals surface area contributed by atoms with E-state index in [1.807, 2.05) is 20.8 Å². The van der Waals surface area contributed by atoms with Gasteiger partial charge in [0.1, 0.15) is 4.90 Å². The number of halogens is 1. The topological polar surface area (TPSA) is 89.1 Å². The second-order valence-electron chi connectivity index (χ2n) is 6.35. The predicted octanol–water partition coefficient (Wildman–Crippen LogP) is 3.05. The Hall–Kier alpha value is -1.08. The average molecular weight is 337 g/mol. The summed E-state index contributed by atoms with van der Waals surface area (Å²) in [7, 11) is 1.32. The molecule has 0 unspecified atom stereocenters. The lowest BCUT2D eigenvalue weighted by Crippen LogP contribution is -2.15. The van der Waals surface area contributed by atoms with Crippen molar-refractivity contribution in [3.63, 3.8) is 0 Å². The molecule has 0 atom stereocenters. The summed E-state index contributed by atoms with van der Waals surface area (Å²) in [5.74, 6) is -0.959. The number of ether oxygens (including phenoxy) is 1. The third-order valence-electron chi connectivity index (χ3n) is 2.85. The second kappa shape index (κ2) is 6.36. The van der Waals surface area contributed by atoms with Crippen molar-refractivity contribution in [3.8, 4) is 0 Å². The molecule has 0 fully saturated rings. The molecular weight excluding hydrogens is 316 g/mol. The molecule has 1 N–H and O–H groups in total. The normalized spacial score (nSPS) is 12.7. The second-order valence-corrected chi connectivity index (χ2v) is 8.86. The molecule has 1 aromatic heterocycles. The van der Waals surface area contributed by atoms with Crippen LogP contribution in [0.25, 0.3) is 0 Å². The van der Waals surface area contributed by atoms with Gasteiger partial charge in [-0.25, -0.2) is 13.2 Å². The van der Waals surface area contributed by atoms with E-state index in [0.717, 1.165) is 0 Å². The fraction of sp³-hybridized carbons (Fsp3) is 0.692. The number of esters is 1. The number of nitrogens with zero attached hydrogens (tertiary/aromatic N) is 1. The van der Waals surface area contributed by atoms with Gasteiger partial charge in [-0.15, -0.1) is 0 Å². The first-order valence-electron chi connectivity index (χ1n) is 6.63. The molecule has 0 saturated carbocycles. The molecule has 0 aromatic carbocycles. The largest absolute Gasteiger partial charge is 0.461 e. The minimum atomic E-state index is -4.09. The highest BCUT2D eigenvalue weighted by atomic mass is 35.7. The summed E-state index contributed by atoms with van der Waals surface area (Å²) in [6.07, 6.45) is 0.656. The molecule has 1 heterocycles. The third-order valence-corrected chi connectivity index (χ3v) is 4.21. The maximum Gasteiger partial charge on any atom is 0.360 e. The molecule has 0 saturated heterocycles. The minimum absolute atomic E-state index is 0.0103. The number of aromatic nitrogens is 2. The number of hydrogen-bond acceptors (Lipinski definition) is 5. The number of aromatic amines is 1. The summed E-state index contributed by atoms with van der Waals surface area (Å²) in [6, 6.07) is 0. The van der Waals surface area contributed by atoms with Crippen LogP contribution in [-0.4, -0.2) is 31.2 Å². The van der Waals surface area contributed by atoms with Crippen LogP contribution >= 0.6 is 10.7 Å². The fourth-order valence-electron chi connectivity index (χ4n) is 1.64. The van der Waals surface area contributed by atoms with Gasteiger partial charge in [-0.05, 0) is 17.8 Å². The van der Waals surface area contributed by atoms with E-state index in [4.69, 9.17) is 15.4 Å². The molecule has 120 valence electrons. The highest BCUT2D eigenvalue weighted by molar-refractivity contribution is 8.13. The summed E-state index contributed by atoms with van der Waals surface area (Å²) < 4.78 is 28.4. The summed E-state index contributed by atoms with van der Waals surface area (Å²) in [5, 5.41) is 6.31. The summed E-state index contributed by atoms with van der Waals surface area (Å²) in [6.45, 7) is 9.78. The summed E-state index contributed by atoms with van der Waals surface area (Å²) in [5.41, 5.74) is 0.0199. The van der Waals surface area contributed by atoms with Crippen LogP contribution in [0, 0.1) is 5.41 Å². The van der Waals surface area contributed by atoms with Gasteiger partial charge in [0, 0.05) is 10.7 Å². The standard InChI is InChI=1S/C13H21ClN2O4S/c1-8(2)9-11(21(14,18)19)10(16-15-9)12(17)20-7-6-13(3,4)5/h8H,6-7H2,1-5H3,(H,15,16). The van der Waals surface area contributed by atoms with Crippen molar-refractivity contribution in [1.82, 2.24) is 10.2 Å². The van der Waals surface area contributed by atoms with Crippen LogP contribution in [-0.2, 0) is 13.8 Å². The Morgan fingerprint density at radius 2 is 1.95 bits per heavy atom. The SMILES string of the molecule is CC(C)c1[nH]nc(C(=O)OCCC(C)(C)C)c1S(=O)(=O)Cl. The Balaban J connectivity index is 3.01. The number of nitrogens with one attached hydrogen (secondary N) is 1. The summed E-state index contributed by atoms with van der Waals surface area (Å²) in [4.78, 5) is 11.7. The molecule has 1 rings (SSSR count). The van der Waals surface area contributed by atoms with E-state index in [2.05, 4.69) is 10.2 Å². The molecule has 21 heavy (non-hydrogen) atoms. The van der Waals surface area contributed by atoms with E-state index in [9.17, 15) is 13.2 Å². The number of carbonyl (C=O) groups excluding carboxylic acids is 1. The molecule has 0 radical (unpaired) electrons. The van der Waals surface area contributed by atoms with Crippen molar-refractivity contribution < 1.29 is 17.9 Å². The molecular formula is C13H21ClN2O4S. The van der Waals surface area contributed by atoms with Gasteiger partial charge in [0.2, 0.25) is 0 Å². The van der Waals surface area contributed by atoms with Gasteiger partial charge in [0.05, 0.1) is 12.3 Å². The molecule has 1 aromatic rings. The zero-order chi connectivity index (χ0) is 16.4. The zero-order valence-corrected chi connectivity index (χ0v) is 14.4. The molecule has 0 amide bonds. The smallest absolute Gasteiger partial charge is 0.360 e. The Kier molecular flexibility index (Phi) is 5.44. The molecule has 0 aliphatic rings. The van der Waals surface area contributed by atoms with Crippen LogP contribution in [0.5, 0.6) is 0 Å². The van der Waals surface area contributed by atoms with Crippen LogP contribution < -0.4 is 0 Å². The number of carbonyl (C=O) groups is 1. The summed E-state index contributed by atoms with van der Waals surface area (Å²) >= 11 is 0. The first-order valence-corrected chi connectivity index (χ1v) is 8.94. The lowest BCUT2D eigenvalue weighted by Gasteiger charge is -2.17. The molecule has 0 spiro atoms. The lowest BCUT2D eigenvalue weighted by molar-refractivity contribution is 0.0453. The molecule has 0 bridgehead atoms. The number of hydrogen-bond donors (Lipinski definition) is 1. The fourth-order valence-corrected chi connectivity index (χ4v) is 3.01. The Bertz CT molecular complexity index is 615. The maximum absolute atomic E-state index is 12.0. The Morgan fingerprint density at radius 1 is 1.38 bits per heavy atom. The van der Waals surface area contributed by atoms with Gasteiger partial charge in [0.25, 0.3) is 9.05 Å². The van der Waals surface area contributed by atoms with Gasteiger partial charge < -0.3 is 4.74 Å². The van der Waals surface area contributed by atoms with E-state index in [-0.39, 0.29) is 28.5 Å². The minimum Gasteiger partial charge on any atom is -0.461 e. The van der Waals surface area contributed by atoms with Crippen molar-refractivity contribution >= 4 is 25.7 Å².